The van der Waals surface area contributed by atoms with Gasteiger partial charge in [0.1, 0.15) is 5.00 Å². The monoisotopic (exact) mass is 394 g/mol. The zero-order chi connectivity index (χ0) is 19.5. The number of thiophene rings is 1. The number of aryl methyl sites for hydroxylation is 2. The smallest absolute Gasteiger partial charge is 0.291 e. The lowest BCUT2D eigenvalue weighted by Crippen LogP contribution is -2.18. The molecule has 4 rings (SSSR count). The highest BCUT2D eigenvalue weighted by atomic mass is 32.1. The highest BCUT2D eigenvalue weighted by Gasteiger charge is 2.26. The third-order valence-electron chi connectivity index (χ3n) is 4.90. The average molecular weight is 394 g/mol. The quantitative estimate of drug-likeness (QED) is 0.580. The Bertz CT molecular complexity index is 1000. The van der Waals surface area contributed by atoms with Crippen molar-refractivity contribution in [2.24, 2.45) is 0 Å². The zero-order valence-electron chi connectivity index (χ0n) is 15.7. The van der Waals surface area contributed by atoms with Gasteiger partial charge >= 0.3 is 0 Å². The van der Waals surface area contributed by atoms with Gasteiger partial charge in [-0.1, -0.05) is 18.6 Å². The molecular formula is C22H22N2O3S. The first-order valence-corrected chi connectivity index (χ1v) is 10.3. The topological polar surface area (TPSA) is 71.3 Å². The van der Waals surface area contributed by atoms with Crippen LogP contribution in [0.4, 0.5) is 10.7 Å². The van der Waals surface area contributed by atoms with E-state index in [1.807, 2.05) is 31.2 Å². The summed E-state index contributed by atoms with van der Waals surface area (Å²) >= 11 is 1.51. The molecule has 0 atom stereocenters. The molecule has 3 aromatic rings. The molecule has 1 aromatic carbocycles. The molecule has 144 valence electrons. The van der Waals surface area contributed by atoms with Crippen molar-refractivity contribution in [3.8, 4) is 0 Å². The largest absolute Gasteiger partial charge is 0.459 e. The lowest BCUT2D eigenvalue weighted by molar-refractivity contribution is 0.0997. The van der Waals surface area contributed by atoms with Crippen molar-refractivity contribution in [2.75, 3.05) is 10.6 Å². The summed E-state index contributed by atoms with van der Waals surface area (Å²) in [6.07, 6.45) is 6.59. The number of benzene rings is 1. The number of furan rings is 1. The Labute approximate surface area is 167 Å². The van der Waals surface area contributed by atoms with Crippen LogP contribution in [0.15, 0.2) is 47.1 Å². The minimum absolute atomic E-state index is 0.181. The molecule has 5 nitrogen and oxygen atoms in total. The fourth-order valence-corrected chi connectivity index (χ4v) is 4.84. The van der Waals surface area contributed by atoms with Crippen LogP contribution in [0.3, 0.4) is 0 Å². The lowest BCUT2D eigenvalue weighted by Gasteiger charge is -2.10. The van der Waals surface area contributed by atoms with Gasteiger partial charge in [0.15, 0.2) is 5.76 Å². The molecule has 0 radical (unpaired) electrons. The van der Waals surface area contributed by atoms with Crippen molar-refractivity contribution in [3.63, 3.8) is 0 Å². The molecule has 2 amide bonds. The number of amides is 2. The number of rotatable bonds is 4. The lowest BCUT2D eigenvalue weighted by atomic mass is 10.0. The molecule has 0 spiro atoms. The molecule has 6 heteroatoms. The summed E-state index contributed by atoms with van der Waals surface area (Å²) in [5.74, 6) is -0.292. The van der Waals surface area contributed by atoms with E-state index in [9.17, 15) is 9.59 Å². The summed E-state index contributed by atoms with van der Waals surface area (Å²) in [5, 5.41) is 6.49. The molecular weight excluding hydrogens is 372 g/mol. The normalized spacial score (nSPS) is 13.5. The van der Waals surface area contributed by atoms with Crippen LogP contribution in [0.25, 0.3) is 0 Å². The van der Waals surface area contributed by atoms with E-state index in [0.29, 0.717) is 10.6 Å². The van der Waals surface area contributed by atoms with Crippen LogP contribution in [0.5, 0.6) is 0 Å². The number of hydrogen-bond acceptors (Lipinski definition) is 4. The van der Waals surface area contributed by atoms with Gasteiger partial charge < -0.3 is 15.1 Å². The first-order chi connectivity index (χ1) is 13.6. The molecule has 0 bridgehead atoms. The molecule has 1 aliphatic rings. The number of hydrogen-bond donors (Lipinski definition) is 2. The van der Waals surface area contributed by atoms with Gasteiger partial charge in [0, 0.05) is 10.6 Å². The molecule has 2 N–H and O–H groups in total. The van der Waals surface area contributed by atoms with Crippen LogP contribution < -0.4 is 10.6 Å². The maximum Gasteiger partial charge on any atom is 0.291 e. The molecule has 0 aliphatic heterocycles. The van der Waals surface area contributed by atoms with Gasteiger partial charge in [0.2, 0.25) is 0 Å². The molecule has 0 saturated heterocycles. The van der Waals surface area contributed by atoms with Crippen molar-refractivity contribution in [1.82, 2.24) is 0 Å². The second-order valence-corrected chi connectivity index (χ2v) is 8.13. The summed E-state index contributed by atoms with van der Waals surface area (Å²) in [4.78, 5) is 26.9. The SMILES string of the molecule is Cc1cccc(NC(=O)c2c(NC(=O)c3ccco3)sc3c2CCCCC3)c1. The van der Waals surface area contributed by atoms with Crippen LogP contribution in [0.2, 0.25) is 0 Å². The molecule has 28 heavy (non-hydrogen) atoms. The van der Waals surface area contributed by atoms with E-state index in [1.165, 1.54) is 22.5 Å². The van der Waals surface area contributed by atoms with E-state index in [2.05, 4.69) is 10.6 Å². The highest BCUT2D eigenvalue weighted by Crippen LogP contribution is 2.38. The Balaban J connectivity index is 1.67. The fraction of sp³-hybridized carbons (Fsp3) is 0.273. The van der Waals surface area contributed by atoms with E-state index in [-0.39, 0.29) is 17.6 Å². The van der Waals surface area contributed by atoms with Gasteiger partial charge in [-0.2, -0.15) is 0 Å². The second-order valence-electron chi connectivity index (χ2n) is 7.02. The van der Waals surface area contributed by atoms with E-state index in [4.69, 9.17) is 4.42 Å². The number of carbonyl (C=O) groups excluding carboxylic acids is 2. The molecule has 2 aromatic heterocycles. The van der Waals surface area contributed by atoms with Gasteiger partial charge in [-0.15, -0.1) is 11.3 Å². The fourth-order valence-electron chi connectivity index (χ4n) is 3.56. The Morgan fingerprint density at radius 2 is 1.86 bits per heavy atom. The van der Waals surface area contributed by atoms with Crippen LogP contribution >= 0.6 is 11.3 Å². The Kier molecular flexibility index (Phi) is 5.30. The van der Waals surface area contributed by atoms with E-state index >= 15 is 0 Å². The molecule has 0 fully saturated rings. The molecule has 0 unspecified atom stereocenters. The summed E-state index contributed by atoms with van der Waals surface area (Å²) < 4.78 is 5.19. The number of fused-ring (bicyclic) bond motifs is 1. The minimum Gasteiger partial charge on any atom is -0.459 e. The Hall–Kier alpha value is -2.86. The van der Waals surface area contributed by atoms with Crippen molar-refractivity contribution >= 4 is 33.8 Å². The van der Waals surface area contributed by atoms with E-state index in [0.717, 1.165) is 48.9 Å². The zero-order valence-corrected chi connectivity index (χ0v) is 16.5. The number of nitrogens with one attached hydrogen (secondary N) is 2. The van der Waals surface area contributed by atoms with Crippen LogP contribution in [-0.2, 0) is 12.8 Å². The predicted molar refractivity (Wildman–Crippen MR) is 111 cm³/mol. The Morgan fingerprint density at radius 3 is 2.64 bits per heavy atom. The van der Waals surface area contributed by atoms with Gasteiger partial charge in [-0.3, -0.25) is 9.59 Å². The van der Waals surface area contributed by atoms with Crippen molar-refractivity contribution in [3.05, 3.63) is 70.0 Å². The maximum atomic E-state index is 13.2. The minimum atomic E-state index is -0.342. The van der Waals surface area contributed by atoms with Crippen molar-refractivity contribution in [1.29, 1.82) is 0 Å². The van der Waals surface area contributed by atoms with Gasteiger partial charge in [0.05, 0.1) is 11.8 Å². The third-order valence-corrected chi connectivity index (χ3v) is 6.10. The van der Waals surface area contributed by atoms with Gasteiger partial charge in [-0.05, 0) is 68.0 Å². The summed E-state index contributed by atoms with van der Waals surface area (Å²) in [6.45, 7) is 1.99. The van der Waals surface area contributed by atoms with Crippen LogP contribution in [0.1, 0.15) is 56.2 Å². The second kappa shape index (κ2) is 8.02. The predicted octanol–water partition coefficient (Wildman–Crippen LogP) is 5.42. The molecule has 2 heterocycles. The van der Waals surface area contributed by atoms with Gasteiger partial charge in [0.25, 0.3) is 11.8 Å². The van der Waals surface area contributed by atoms with Crippen molar-refractivity contribution in [2.45, 2.75) is 39.0 Å². The summed E-state index contributed by atoms with van der Waals surface area (Å²) in [7, 11) is 0. The van der Waals surface area contributed by atoms with E-state index < -0.39 is 0 Å². The van der Waals surface area contributed by atoms with Crippen LogP contribution in [-0.4, -0.2) is 11.8 Å². The third kappa shape index (κ3) is 3.87. The summed E-state index contributed by atoms with van der Waals surface area (Å²) in [5.41, 5.74) is 3.49. The van der Waals surface area contributed by atoms with Crippen LogP contribution in [0, 0.1) is 6.92 Å². The molecule has 1 aliphatic carbocycles. The first-order valence-electron chi connectivity index (χ1n) is 9.49. The van der Waals surface area contributed by atoms with E-state index in [1.54, 1.807) is 12.1 Å². The van der Waals surface area contributed by atoms with Gasteiger partial charge in [-0.25, -0.2) is 0 Å². The maximum absolute atomic E-state index is 13.2. The average Bonchev–Trinajstić information content (AvgIpc) is 3.25. The standard InChI is InChI=1S/C22H22N2O3S/c1-14-7-5-8-15(13-14)23-21(26)19-16-9-3-2-4-11-18(16)28-22(19)24-20(25)17-10-6-12-27-17/h5-8,10,12-13H,2-4,9,11H2,1H3,(H,23,26)(H,24,25). The summed E-state index contributed by atoms with van der Waals surface area (Å²) in [6, 6.07) is 11.0. The molecule has 0 saturated carbocycles. The number of anilines is 2. The number of carbonyl (C=O) groups is 2. The van der Waals surface area contributed by atoms with Crippen molar-refractivity contribution < 1.29 is 14.0 Å². The first kappa shape index (κ1) is 18.5. The Morgan fingerprint density at radius 1 is 1.00 bits per heavy atom. The highest BCUT2D eigenvalue weighted by molar-refractivity contribution is 7.17.